The van der Waals surface area contributed by atoms with Crippen LogP contribution in [-0.4, -0.2) is 23.5 Å². The molecule has 21 heavy (non-hydrogen) atoms. The Labute approximate surface area is 118 Å². The molecule has 0 atom stereocenters. The Bertz CT molecular complexity index is 709. The van der Waals surface area contributed by atoms with Crippen molar-refractivity contribution >= 4 is 17.6 Å². The Morgan fingerprint density at radius 3 is 2.57 bits per heavy atom. The van der Waals surface area contributed by atoms with Gasteiger partial charge in [-0.1, -0.05) is 0 Å². The van der Waals surface area contributed by atoms with Crippen LogP contribution in [0.1, 0.15) is 10.4 Å². The molecule has 0 unspecified atom stereocenters. The third kappa shape index (κ3) is 4.00. The number of aromatic amines is 1. The normalized spacial score (nSPS) is 9.95. The van der Waals surface area contributed by atoms with Crippen molar-refractivity contribution in [1.82, 2.24) is 4.98 Å². The van der Waals surface area contributed by atoms with E-state index in [2.05, 4.69) is 10.3 Å². The second kappa shape index (κ2) is 6.47. The van der Waals surface area contributed by atoms with E-state index in [1.165, 1.54) is 42.6 Å². The SMILES string of the molecule is O=C(COC(=O)c1ccc[nH]c1=O)Nc1ccc(F)cc1. The van der Waals surface area contributed by atoms with Crippen LogP contribution in [-0.2, 0) is 9.53 Å². The third-order valence-electron chi connectivity index (χ3n) is 2.50. The molecule has 1 aromatic heterocycles. The van der Waals surface area contributed by atoms with Crippen LogP contribution < -0.4 is 10.9 Å². The molecule has 0 saturated heterocycles. The average molecular weight is 290 g/mol. The lowest BCUT2D eigenvalue weighted by Crippen LogP contribution is -2.24. The Morgan fingerprint density at radius 2 is 1.90 bits per heavy atom. The summed E-state index contributed by atoms with van der Waals surface area (Å²) in [7, 11) is 0. The number of benzene rings is 1. The first-order valence-corrected chi connectivity index (χ1v) is 5.96. The molecule has 0 bridgehead atoms. The largest absolute Gasteiger partial charge is 0.452 e. The molecule has 1 heterocycles. The maximum atomic E-state index is 12.7. The van der Waals surface area contributed by atoms with E-state index in [1.54, 1.807) is 0 Å². The Kier molecular flexibility index (Phi) is 4.45. The number of amides is 1. The topological polar surface area (TPSA) is 88.3 Å². The van der Waals surface area contributed by atoms with Crippen LogP contribution in [0.4, 0.5) is 10.1 Å². The quantitative estimate of drug-likeness (QED) is 0.831. The number of aromatic nitrogens is 1. The fourth-order valence-electron chi connectivity index (χ4n) is 1.52. The van der Waals surface area contributed by atoms with Crippen LogP contribution in [0.25, 0.3) is 0 Å². The Hall–Kier alpha value is -2.96. The molecule has 1 amide bonds. The van der Waals surface area contributed by atoms with Crippen molar-refractivity contribution in [3.63, 3.8) is 0 Å². The summed E-state index contributed by atoms with van der Waals surface area (Å²) in [5, 5.41) is 2.42. The number of hydrogen-bond acceptors (Lipinski definition) is 4. The number of pyridine rings is 1. The van der Waals surface area contributed by atoms with Gasteiger partial charge in [0.2, 0.25) is 0 Å². The number of ether oxygens (including phenoxy) is 1. The monoisotopic (exact) mass is 290 g/mol. The van der Waals surface area contributed by atoms with Crippen LogP contribution in [0, 0.1) is 5.82 Å². The first-order valence-electron chi connectivity index (χ1n) is 5.96. The molecule has 2 N–H and O–H groups in total. The molecule has 6 nitrogen and oxygen atoms in total. The molecule has 0 spiro atoms. The smallest absolute Gasteiger partial charge is 0.344 e. The van der Waals surface area contributed by atoms with Crippen molar-refractivity contribution in [2.75, 3.05) is 11.9 Å². The number of nitrogens with one attached hydrogen (secondary N) is 2. The minimum atomic E-state index is -0.897. The predicted octanol–water partition coefficient (Wildman–Crippen LogP) is 1.31. The standard InChI is InChI=1S/C14H11FN2O4/c15-9-3-5-10(6-4-9)17-12(18)8-21-14(20)11-2-1-7-16-13(11)19/h1-7H,8H2,(H,16,19)(H,17,18). The van der Waals surface area contributed by atoms with Crippen LogP contribution in [0.2, 0.25) is 0 Å². The van der Waals surface area contributed by atoms with Gasteiger partial charge in [0.25, 0.3) is 11.5 Å². The zero-order valence-electron chi connectivity index (χ0n) is 10.8. The number of esters is 1. The lowest BCUT2D eigenvalue weighted by Gasteiger charge is -2.06. The van der Waals surface area contributed by atoms with Gasteiger partial charge in [-0.05, 0) is 36.4 Å². The van der Waals surface area contributed by atoms with Gasteiger partial charge in [0.1, 0.15) is 11.4 Å². The number of halogens is 1. The third-order valence-corrected chi connectivity index (χ3v) is 2.50. The number of carbonyl (C=O) groups excluding carboxylic acids is 2. The zero-order chi connectivity index (χ0) is 15.2. The lowest BCUT2D eigenvalue weighted by atomic mass is 10.3. The average Bonchev–Trinajstić information content (AvgIpc) is 2.48. The highest BCUT2D eigenvalue weighted by Gasteiger charge is 2.13. The first kappa shape index (κ1) is 14.4. The van der Waals surface area contributed by atoms with Crippen molar-refractivity contribution in [3.05, 3.63) is 64.3 Å². The van der Waals surface area contributed by atoms with Gasteiger partial charge < -0.3 is 15.0 Å². The summed E-state index contributed by atoms with van der Waals surface area (Å²) in [6.45, 7) is -0.551. The summed E-state index contributed by atoms with van der Waals surface area (Å²) in [5.41, 5.74) is -0.413. The molecule has 0 radical (unpaired) electrons. The summed E-state index contributed by atoms with van der Waals surface area (Å²) < 4.78 is 17.4. The fraction of sp³-hybridized carbons (Fsp3) is 0.0714. The van der Waals surface area contributed by atoms with Gasteiger partial charge >= 0.3 is 5.97 Å². The number of anilines is 1. The molecule has 0 aliphatic carbocycles. The molecular formula is C14H11FN2O4. The van der Waals surface area contributed by atoms with Crippen molar-refractivity contribution in [3.8, 4) is 0 Å². The van der Waals surface area contributed by atoms with Gasteiger partial charge in [0.05, 0.1) is 0 Å². The molecule has 0 saturated carbocycles. The van der Waals surface area contributed by atoms with Gasteiger partial charge in [-0.25, -0.2) is 9.18 Å². The second-order valence-corrected chi connectivity index (χ2v) is 4.04. The fourth-order valence-corrected chi connectivity index (χ4v) is 1.52. The molecule has 0 fully saturated rings. The molecule has 1 aromatic carbocycles. The number of rotatable bonds is 4. The highest BCUT2D eigenvalue weighted by Crippen LogP contribution is 2.08. The highest BCUT2D eigenvalue weighted by molar-refractivity contribution is 5.95. The number of carbonyl (C=O) groups is 2. The van der Waals surface area contributed by atoms with Gasteiger partial charge in [-0.15, -0.1) is 0 Å². The van der Waals surface area contributed by atoms with Crippen molar-refractivity contribution in [1.29, 1.82) is 0 Å². The molecule has 7 heteroatoms. The van der Waals surface area contributed by atoms with E-state index in [0.29, 0.717) is 5.69 Å². The molecule has 0 aliphatic rings. The lowest BCUT2D eigenvalue weighted by molar-refractivity contribution is -0.119. The molecule has 108 valence electrons. The van der Waals surface area contributed by atoms with Crippen molar-refractivity contribution in [2.45, 2.75) is 0 Å². The second-order valence-electron chi connectivity index (χ2n) is 4.04. The first-order chi connectivity index (χ1) is 10.1. The molecule has 2 rings (SSSR count). The van der Waals surface area contributed by atoms with Gasteiger partial charge in [0.15, 0.2) is 6.61 Å². The zero-order valence-corrected chi connectivity index (χ0v) is 10.8. The van der Waals surface area contributed by atoms with Crippen LogP contribution >= 0.6 is 0 Å². The number of hydrogen-bond donors (Lipinski definition) is 2. The molecule has 0 aliphatic heterocycles. The highest BCUT2D eigenvalue weighted by atomic mass is 19.1. The number of H-pyrrole nitrogens is 1. The molecule has 2 aromatic rings. The van der Waals surface area contributed by atoms with E-state index < -0.39 is 29.9 Å². The van der Waals surface area contributed by atoms with E-state index in [9.17, 15) is 18.8 Å². The maximum Gasteiger partial charge on any atom is 0.344 e. The van der Waals surface area contributed by atoms with Crippen LogP contribution in [0.5, 0.6) is 0 Å². The summed E-state index contributed by atoms with van der Waals surface area (Å²) in [5.74, 6) is -1.92. The van der Waals surface area contributed by atoms with E-state index >= 15 is 0 Å². The van der Waals surface area contributed by atoms with Gasteiger partial charge in [0, 0.05) is 11.9 Å². The van der Waals surface area contributed by atoms with Gasteiger partial charge in [-0.3, -0.25) is 9.59 Å². The Balaban J connectivity index is 1.89. The van der Waals surface area contributed by atoms with Crippen LogP contribution in [0.15, 0.2) is 47.4 Å². The summed E-state index contributed by atoms with van der Waals surface area (Å²) >= 11 is 0. The van der Waals surface area contributed by atoms with Crippen LogP contribution in [0.3, 0.4) is 0 Å². The predicted molar refractivity (Wildman–Crippen MR) is 72.4 cm³/mol. The van der Waals surface area contributed by atoms with Gasteiger partial charge in [-0.2, -0.15) is 0 Å². The van der Waals surface area contributed by atoms with E-state index in [4.69, 9.17) is 4.74 Å². The summed E-state index contributed by atoms with van der Waals surface area (Å²) in [6.07, 6.45) is 1.38. The summed E-state index contributed by atoms with van der Waals surface area (Å²) in [4.78, 5) is 36.8. The van der Waals surface area contributed by atoms with E-state index in [0.717, 1.165) is 0 Å². The summed E-state index contributed by atoms with van der Waals surface area (Å²) in [6, 6.07) is 7.87. The molecular weight excluding hydrogens is 279 g/mol. The van der Waals surface area contributed by atoms with Crippen molar-refractivity contribution < 1.29 is 18.7 Å². The minimum Gasteiger partial charge on any atom is -0.452 e. The van der Waals surface area contributed by atoms with Crippen molar-refractivity contribution in [2.24, 2.45) is 0 Å². The minimum absolute atomic E-state index is 0.188. The Morgan fingerprint density at radius 1 is 1.19 bits per heavy atom. The maximum absolute atomic E-state index is 12.7. The van der Waals surface area contributed by atoms with E-state index in [1.807, 2.05) is 0 Å². The van der Waals surface area contributed by atoms with E-state index in [-0.39, 0.29) is 5.56 Å².